The minimum Gasteiger partial charge on any atom is -0.375 e. The number of carbonyl (C=O) groups is 2. The number of amides is 2. The number of ether oxygens (including phenoxy) is 2. The third-order valence-electron chi connectivity index (χ3n) is 5.70. The summed E-state index contributed by atoms with van der Waals surface area (Å²) in [5, 5.41) is 8.16. The van der Waals surface area contributed by atoms with Crippen LogP contribution in [-0.4, -0.2) is 82.6 Å². The van der Waals surface area contributed by atoms with E-state index >= 15 is 0 Å². The summed E-state index contributed by atoms with van der Waals surface area (Å²) >= 11 is 0. The zero-order chi connectivity index (χ0) is 18.1. The average Bonchev–Trinajstić information content (AvgIpc) is 3.16. The molecule has 4 heterocycles. The topological polar surface area (TPSA) is 89.8 Å². The Balaban J connectivity index is 1.36. The Morgan fingerprint density at radius 3 is 2.77 bits per heavy atom. The predicted molar refractivity (Wildman–Crippen MR) is 90.0 cm³/mol. The van der Waals surface area contributed by atoms with E-state index in [-0.39, 0.29) is 36.5 Å². The Labute approximate surface area is 152 Å². The first-order valence-electron chi connectivity index (χ1n) is 9.23. The predicted octanol–water partition coefficient (Wildman–Crippen LogP) is -0.165. The zero-order valence-electron chi connectivity index (χ0n) is 15.0. The molecule has 0 unspecified atom stereocenters. The summed E-state index contributed by atoms with van der Waals surface area (Å²) in [5.41, 5.74) is 0.963. The molecule has 0 N–H and O–H groups in total. The Morgan fingerprint density at radius 2 is 2.00 bits per heavy atom. The molecule has 2 atom stereocenters. The average molecular weight is 363 g/mol. The maximum absolute atomic E-state index is 13.0. The molecular weight excluding hydrogens is 338 g/mol. The molecule has 2 fully saturated rings. The Kier molecular flexibility index (Phi) is 4.90. The SMILES string of the molecule is COCC(=O)N1CCC(C(=O)N2CC[C@@H]3OCc4cnnn4[C@@H]3C2)CC1. The van der Waals surface area contributed by atoms with Crippen molar-refractivity contribution in [2.75, 3.05) is 39.9 Å². The van der Waals surface area contributed by atoms with Crippen LogP contribution in [-0.2, 0) is 25.7 Å². The fraction of sp³-hybridized carbons (Fsp3) is 0.765. The molecule has 3 aliphatic heterocycles. The lowest BCUT2D eigenvalue weighted by Gasteiger charge is -2.42. The number of hydrogen-bond acceptors (Lipinski definition) is 6. The van der Waals surface area contributed by atoms with Gasteiger partial charge in [-0.05, 0) is 19.3 Å². The smallest absolute Gasteiger partial charge is 0.248 e. The van der Waals surface area contributed by atoms with E-state index in [2.05, 4.69) is 10.3 Å². The van der Waals surface area contributed by atoms with Gasteiger partial charge in [-0.25, -0.2) is 4.68 Å². The molecule has 9 heteroatoms. The van der Waals surface area contributed by atoms with Gasteiger partial charge >= 0.3 is 0 Å². The van der Waals surface area contributed by atoms with Crippen LogP contribution in [0.3, 0.4) is 0 Å². The molecule has 26 heavy (non-hydrogen) atoms. The maximum atomic E-state index is 13.0. The molecule has 2 saturated heterocycles. The van der Waals surface area contributed by atoms with Crippen LogP contribution in [0.4, 0.5) is 0 Å². The number of nitrogens with zero attached hydrogens (tertiary/aromatic N) is 5. The second-order valence-corrected chi connectivity index (χ2v) is 7.25. The van der Waals surface area contributed by atoms with Crippen molar-refractivity contribution in [3.63, 3.8) is 0 Å². The molecule has 1 aromatic rings. The third-order valence-corrected chi connectivity index (χ3v) is 5.70. The van der Waals surface area contributed by atoms with E-state index in [4.69, 9.17) is 9.47 Å². The fourth-order valence-corrected chi connectivity index (χ4v) is 4.23. The summed E-state index contributed by atoms with van der Waals surface area (Å²) in [7, 11) is 1.52. The summed E-state index contributed by atoms with van der Waals surface area (Å²) < 4.78 is 12.7. The van der Waals surface area contributed by atoms with Crippen LogP contribution in [0.15, 0.2) is 6.20 Å². The number of carbonyl (C=O) groups excluding carboxylic acids is 2. The lowest BCUT2D eigenvalue weighted by Crippen LogP contribution is -2.52. The third kappa shape index (κ3) is 3.21. The summed E-state index contributed by atoms with van der Waals surface area (Å²) in [4.78, 5) is 28.6. The van der Waals surface area contributed by atoms with Crippen molar-refractivity contribution in [1.29, 1.82) is 0 Å². The van der Waals surface area contributed by atoms with E-state index < -0.39 is 0 Å². The van der Waals surface area contributed by atoms with Crippen molar-refractivity contribution < 1.29 is 19.1 Å². The van der Waals surface area contributed by atoms with Gasteiger partial charge in [-0.1, -0.05) is 5.21 Å². The van der Waals surface area contributed by atoms with Crippen molar-refractivity contribution >= 4 is 11.8 Å². The van der Waals surface area contributed by atoms with Gasteiger partial charge in [0.2, 0.25) is 11.8 Å². The number of methoxy groups -OCH3 is 1. The van der Waals surface area contributed by atoms with Gasteiger partial charge in [0.1, 0.15) is 6.61 Å². The van der Waals surface area contributed by atoms with Crippen LogP contribution in [0, 0.1) is 5.92 Å². The quantitative estimate of drug-likeness (QED) is 0.741. The molecule has 9 nitrogen and oxygen atoms in total. The fourth-order valence-electron chi connectivity index (χ4n) is 4.23. The molecule has 4 rings (SSSR count). The highest BCUT2D eigenvalue weighted by Crippen LogP contribution is 2.31. The van der Waals surface area contributed by atoms with Crippen molar-refractivity contribution in [3.8, 4) is 0 Å². The molecule has 2 amide bonds. The molecule has 0 saturated carbocycles. The standard InChI is InChI=1S/C17H25N5O4/c1-25-11-16(23)20-5-2-12(3-6-20)17(24)21-7-4-15-14(9-21)22-13(10-26-15)8-18-19-22/h8,12,14-15H,2-7,9-11H2,1H3/t14-,15+/m1/s1. The van der Waals surface area contributed by atoms with E-state index in [1.807, 2.05) is 9.58 Å². The first-order chi connectivity index (χ1) is 12.7. The number of fused-ring (bicyclic) bond motifs is 3. The van der Waals surface area contributed by atoms with Gasteiger partial charge in [0.25, 0.3) is 0 Å². The van der Waals surface area contributed by atoms with Crippen LogP contribution in [0.5, 0.6) is 0 Å². The second-order valence-electron chi connectivity index (χ2n) is 7.25. The molecule has 142 valence electrons. The van der Waals surface area contributed by atoms with Crippen LogP contribution >= 0.6 is 0 Å². The normalized spacial score (nSPS) is 26.3. The molecular formula is C17H25N5O4. The largest absolute Gasteiger partial charge is 0.375 e. The highest BCUT2D eigenvalue weighted by molar-refractivity contribution is 5.80. The summed E-state index contributed by atoms with van der Waals surface area (Å²) in [6.07, 6.45) is 4.07. The summed E-state index contributed by atoms with van der Waals surface area (Å²) in [6, 6.07) is 0.0438. The lowest BCUT2D eigenvalue weighted by atomic mass is 9.93. The van der Waals surface area contributed by atoms with Gasteiger partial charge in [-0.3, -0.25) is 9.59 Å². The number of piperidine rings is 2. The summed E-state index contributed by atoms with van der Waals surface area (Å²) in [6.45, 7) is 3.21. The van der Waals surface area contributed by atoms with E-state index in [0.29, 0.717) is 45.6 Å². The van der Waals surface area contributed by atoms with Gasteiger partial charge < -0.3 is 19.3 Å². The molecule has 0 aromatic carbocycles. The minimum absolute atomic E-state index is 0.00252. The molecule has 1 aromatic heterocycles. The molecule has 0 aliphatic carbocycles. The van der Waals surface area contributed by atoms with Crippen molar-refractivity contribution in [1.82, 2.24) is 24.8 Å². The van der Waals surface area contributed by atoms with Gasteiger partial charge in [0.05, 0.1) is 30.6 Å². The van der Waals surface area contributed by atoms with Crippen LogP contribution < -0.4 is 0 Å². The molecule has 0 radical (unpaired) electrons. The van der Waals surface area contributed by atoms with E-state index in [1.165, 1.54) is 7.11 Å². The number of hydrogen-bond donors (Lipinski definition) is 0. The second kappa shape index (κ2) is 7.32. The lowest BCUT2D eigenvalue weighted by molar-refractivity contribution is -0.146. The highest BCUT2D eigenvalue weighted by atomic mass is 16.5. The van der Waals surface area contributed by atoms with Gasteiger partial charge in [0, 0.05) is 39.2 Å². The monoisotopic (exact) mass is 363 g/mol. The number of rotatable bonds is 3. The van der Waals surface area contributed by atoms with Crippen LogP contribution in [0.1, 0.15) is 31.0 Å². The minimum atomic E-state index is -0.0159. The first kappa shape index (κ1) is 17.4. The Hall–Kier alpha value is -2.00. The Morgan fingerprint density at radius 1 is 1.23 bits per heavy atom. The maximum Gasteiger partial charge on any atom is 0.248 e. The van der Waals surface area contributed by atoms with Crippen LogP contribution in [0.25, 0.3) is 0 Å². The van der Waals surface area contributed by atoms with E-state index in [0.717, 1.165) is 12.1 Å². The molecule has 0 bridgehead atoms. The number of aromatic nitrogens is 3. The van der Waals surface area contributed by atoms with E-state index in [1.54, 1.807) is 11.1 Å². The van der Waals surface area contributed by atoms with Crippen molar-refractivity contribution in [2.24, 2.45) is 5.92 Å². The molecule has 0 spiro atoms. The molecule has 3 aliphatic rings. The zero-order valence-corrected chi connectivity index (χ0v) is 15.0. The highest BCUT2D eigenvalue weighted by Gasteiger charge is 2.39. The first-order valence-corrected chi connectivity index (χ1v) is 9.23. The number of likely N-dealkylation sites (tertiary alicyclic amines) is 2. The van der Waals surface area contributed by atoms with E-state index in [9.17, 15) is 9.59 Å². The summed E-state index contributed by atoms with van der Waals surface area (Å²) in [5.74, 6) is 0.171. The van der Waals surface area contributed by atoms with Crippen molar-refractivity contribution in [3.05, 3.63) is 11.9 Å². The van der Waals surface area contributed by atoms with Gasteiger partial charge in [-0.2, -0.15) is 0 Å². The Bertz CT molecular complexity index is 670. The van der Waals surface area contributed by atoms with Crippen molar-refractivity contribution in [2.45, 2.75) is 38.0 Å². The van der Waals surface area contributed by atoms with Gasteiger partial charge in [-0.15, -0.1) is 5.10 Å². The van der Waals surface area contributed by atoms with Crippen LogP contribution in [0.2, 0.25) is 0 Å². The van der Waals surface area contributed by atoms with Gasteiger partial charge in [0.15, 0.2) is 0 Å².